The SMILES string of the molecule is CC(=O)c1ccc2c(c1)C(=O)OC2=O.O=C(O)CCCOO.O=C(c1ccc(COO)c(COO)c1)c1ccc(C(=O)O)c(C(=O)O)c1.O=C1CCC(=O)O1.O=C1OC(=O)c2ccccc21. The maximum Gasteiger partial charge on any atom is 0.346 e. The van der Waals surface area contributed by atoms with Crippen LogP contribution in [0.5, 0.6) is 0 Å². The zero-order valence-electron chi connectivity index (χ0n) is 34.1. The molecule has 6 N–H and O–H groups in total. The zero-order valence-corrected chi connectivity index (χ0v) is 34.1. The molecule has 3 aliphatic heterocycles. The van der Waals surface area contributed by atoms with E-state index in [1.165, 1.54) is 49.4 Å². The molecule has 4 aromatic carbocycles. The Balaban J connectivity index is 0.000000242. The molecule has 0 bridgehead atoms. The normalized spacial score (nSPS) is 12.7. The van der Waals surface area contributed by atoms with E-state index in [2.05, 4.69) is 28.9 Å². The van der Waals surface area contributed by atoms with Crippen LogP contribution in [-0.4, -0.2) is 103 Å². The van der Waals surface area contributed by atoms with E-state index < -0.39 is 70.6 Å². The summed E-state index contributed by atoms with van der Waals surface area (Å²) in [5.41, 5.74) is 1.53. The van der Waals surface area contributed by atoms with Crippen molar-refractivity contribution in [3.05, 3.63) is 140 Å². The third-order valence-corrected chi connectivity index (χ3v) is 8.64. The highest BCUT2D eigenvalue weighted by atomic mass is 17.1. The molecule has 0 unspecified atom stereocenters. The third kappa shape index (κ3) is 15.0. The van der Waals surface area contributed by atoms with Gasteiger partial charge < -0.3 is 29.5 Å². The quantitative estimate of drug-likeness (QED) is 0.0201. The van der Waals surface area contributed by atoms with E-state index in [4.69, 9.17) is 31.1 Å². The summed E-state index contributed by atoms with van der Waals surface area (Å²) in [6.45, 7) is 1.03. The number of aromatic carboxylic acids is 2. The molecule has 3 heterocycles. The lowest BCUT2D eigenvalue weighted by atomic mass is 9.96. The summed E-state index contributed by atoms with van der Waals surface area (Å²) in [7, 11) is 0. The Morgan fingerprint density at radius 3 is 1.48 bits per heavy atom. The number of carbonyl (C=O) groups excluding carboxylic acids is 8. The summed E-state index contributed by atoms with van der Waals surface area (Å²) >= 11 is 0. The summed E-state index contributed by atoms with van der Waals surface area (Å²) in [5.74, 6) is -7.71. The molecule has 4 aromatic rings. The van der Waals surface area contributed by atoms with Gasteiger partial charge in [-0.25, -0.2) is 43.4 Å². The third-order valence-electron chi connectivity index (χ3n) is 8.64. The molecular weight excluding hydrogens is 884 g/mol. The number of ether oxygens (including phenoxy) is 3. The van der Waals surface area contributed by atoms with Crippen molar-refractivity contribution in [2.24, 2.45) is 0 Å². The summed E-state index contributed by atoms with van der Waals surface area (Å²) in [5, 5.41) is 51.0. The van der Waals surface area contributed by atoms with Crippen LogP contribution in [0.4, 0.5) is 0 Å². The van der Waals surface area contributed by atoms with Crippen molar-refractivity contribution in [3.8, 4) is 0 Å². The Kier molecular flexibility index (Phi) is 19.9. The lowest BCUT2D eigenvalue weighted by Gasteiger charge is -2.10. The number of carboxylic acids is 3. The van der Waals surface area contributed by atoms with Gasteiger partial charge >= 0.3 is 53.7 Å². The maximum absolute atomic E-state index is 12.6. The molecule has 1 fully saturated rings. The molecule has 3 aliphatic rings. The number of hydrogen-bond acceptors (Lipinski definition) is 20. The average molecular weight is 921 g/mol. The standard InChI is InChI=1S/C17H14O9.C10H6O4.C8H4O3.C4H8O4.C4H4O3/c18-15(9-1-2-11(7-25-23)12(5-9)8-26-24)10-3-4-13(16(19)20)14(6-10)17(21)22;1-5(11)6-2-3-7-8(4-6)10(13)14-9(7)12;9-7-5-3-1-2-4-6(5)8(10)11-7;5-4(6)2-1-3-8-7;5-3-1-2-4(6)7-3/h1-6,23-24H,7-8H2,(H,19,20)(H,21,22);2-4H,1H3;1-4H;7H,1-3H2,(H,5,6);1-2H2. The highest BCUT2D eigenvalue weighted by molar-refractivity contribution is 6.16. The number of carbonyl (C=O) groups is 11. The summed E-state index contributed by atoms with van der Waals surface area (Å²) < 4.78 is 12.8. The van der Waals surface area contributed by atoms with Gasteiger partial charge in [0.05, 0.1) is 52.8 Å². The molecule has 0 saturated carbocycles. The van der Waals surface area contributed by atoms with E-state index in [0.29, 0.717) is 34.2 Å². The number of rotatable bonds is 13. The fraction of sp³-hybridized carbons (Fsp3) is 0.186. The van der Waals surface area contributed by atoms with Crippen LogP contribution >= 0.6 is 0 Å². The molecule has 0 radical (unpaired) electrons. The van der Waals surface area contributed by atoms with Crippen molar-refractivity contribution in [2.45, 2.75) is 45.8 Å². The summed E-state index contributed by atoms with van der Waals surface area (Å²) in [6.07, 6.45) is 0.921. The molecule has 23 nitrogen and oxygen atoms in total. The molecule has 0 spiro atoms. The summed E-state index contributed by atoms with van der Waals surface area (Å²) in [6, 6.07) is 18.4. The number of esters is 6. The zero-order chi connectivity index (χ0) is 49.1. The Hall–Kier alpha value is -8.19. The van der Waals surface area contributed by atoms with Crippen LogP contribution in [0.15, 0.2) is 78.9 Å². The topological polar surface area (TPSA) is 365 Å². The molecule has 23 heteroatoms. The first-order chi connectivity index (χ1) is 31.3. The van der Waals surface area contributed by atoms with Gasteiger partial charge in [-0.15, -0.1) is 0 Å². The fourth-order valence-electron chi connectivity index (χ4n) is 5.46. The second-order valence-electron chi connectivity index (χ2n) is 13.1. The Bertz CT molecular complexity index is 2510. The number of cyclic esters (lactones) is 6. The molecular formula is C43H36O23. The van der Waals surface area contributed by atoms with Crippen LogP contribution in [0.25, 0.3) is 0 Å². The van der Waals surface area contributed by atoms with Crippen LogP contribution in [0, 0.1) is 0 Å². The number of benzene rings is 4. The Morgan fingerprint density at radius 2 is 1.02 bits per heavy atom. The molecule has 1 saturated heterocycles. The lowest BCUT2D eigenvalue weighted by Crippen LogP contribution is -2.11. The maximum atomic E-state index is 12.6. The average Bonchev–Trinajstić information content (AvgIpc) is 3.92. The van der Waals surface area contributed by atoms with Crippen LogP contribution in [0.1, 0.15) is 132 Å². The van der Waals surface area contributed by atoms with Gasteiger partial charge in [0.25, 0.3) is 0 Å². The van der Waals surface area contributed by atoms with Crippen LogP contribution in [0.2, 0.25) is 0 Å². The monoisotopic (exact) mass is 920 g/mol. The highest BCUT2D eigenvalue weighted by Crippen LogP contribution is 2.23. The van der Waals surface area contributed by atoms with Crippen molar-refractivity contribution < 1.29 is 113 Å². The largest absolute Gasteiger partial charge is 0.481 e. The van der Waals surface area contributed by atoms with E-state index >= 15 is 0 Å². The number of Topliss-reactive ketones (excluding diaryl/α,β-unsaturated/α-hetero) is 1. The van der Waals surface area contributed by atoms with Crippen molar-refractivity contribution in [1.29, 1.82) is 0 Å². The molecule has 7 rings (SSSR count). The molecule has 0 atom stereocenters. The van der Waals surface area contributed by atoms with E-state index in [1.54, 1.807) is 24.3 Å². The van der Waals surface area contributed by atoms with Gasteiger partial charge in [-0.1, -0.05) is 36.4 Å². The van der Waals surface area contributed by atoms with Crippen LogP contribution < -0.4 is 0 Å². The number of hydrogen-bond donors (Lipinski definition) is 6. The van der Waals surface area contributed by atoms with Crippen molar-refractivity contribution in [3.63, 3.8) is 0 Å². The lowest BCUT2D eigenvalue weighted by molar-refractivity contribution is -0.258. The van der Waals surface area contributed by atoms with E-state index in [-0.39, 0.29) is 67.1 Å². The minimum atomic E-state index is -1.47. The van der Waals surface area contributed by atoms with Gasteiger partial charge in [0.15, 0.2) is 11.6 Å². The summed E-state index contributed by atoms with van der Waals surface area (Å²) in [4.78, 5) is 131. The van der Waals surface area contributed by atoms with Crippen molar-refractivity contribution >= 4 is 65.3 Å². The number of ketones is 2. The molecule has 0 aromatic heterocycles. The predicted octanol–water partition coefficient (Wildman–Crippen LogP) is 4.68. The number of aliphatic carboxylic acids is 1. The van der Waals surface area contributed by atoms with Crippen LogP contribution in [0.3, 0.4) is 0 Å². The second-order valence-corrected chi connectivity index (χ2v) is 13.1. The van der Waals surface area contributed by atoms with Gasteiger partial charge in [0.1, 0.15) is 13.2 Å². The predicted molar refractivity (Wildman–Crippen MR) is 213 cm³/mol. The highest BCUT2D eigenvalue weighted by Gasteiger charge is 2.30. The minimum Gasteiger partial charge on any atom is -0.481 e. The van der Waals surface area contributed by atoms with Gasteiger partial charge in [-0.2, -0.15) is 0 Å². The van der Waals surface area contributed by atoms with E-state index in [0.717, 1.165) is 12.1 Å². The fourth-order valence-corrected chi connectivity index (χ4v) is 5.46. The van der Waals surface area contributed by atoms with Gasteiger partial charge in [-0.05, 0) is 66.9 Å². The first-order valence-electron chi connectivity index (χ1n) is 18.6. The second kappa shape index (κ2) is 25.2. The van der Waals surface area contributed by atoms with E-state index in [9.17, 15) is 52.7 Å². The molecule has 0 amide bonds. The molecule has 0 aliphatic carbocycles. The minimum absolute atomic E-state index is 0.0191. The smallest absolute Gasteiger partial charge is 0.346 e. The molecule has 66 heavy (non-hydrogen) atoms. The molecule has 346 valence electrons. The first-order valence-corrected chi connectivity index (χ1v) is 18.6. The van der Waals surface area contributed by atoms with Crippen molar-refractivity contribution in [1.82, 2.24) is 0 Å². The first kappa shape index (κ1) is 52.2. The number of fused-ring (bicyclic) bond motifs is 2. The van der Waals surface area contributed by atoms with Gasteiger partial charge in [0, 0.05) is 23.1 Å². The Morgan fingerprint density at radius 1 is 0.530 bits per heavy atom. The van der Waals surface area contributed by atoms with Gasteiger partial charge in [0.2, 0.25) is 0 Å². The van der Waals surface area contributed by atoms with E-state index in [1.807, 2.05) is 0 Å². The Labute approximate surface area is 370 Å². The van der Waals surface area contributed by atoms with Gasteiger partial charge in [-0.3, -0.25) is 39.7 Å². The van der Waals surface area contributed by atoms with Crippen molar-refractivity contribution in [2.75, 3.05) is 6.61 Å². The van der Waals surface area contributed by atoms with Crippen LogP contribution in [-0.2, 0) is 56.5 Å². The number of carboxylic acid groups (broad SMARTS) is 3.